The first-order chi connectivity index (χ1) is 11.3. The third kappa shape index (κ3) is 2.61. The zero-order valence-corrected chi connectivity index (χ0v) is 12.8. The van der Waals surface area contributed by atoms with Crippen LogP contribution >= 0.6 is 0 Å². The minimum atomic E-state index is -0.202. The van der Waals surface area contributed by atoms with Crippen molar-refractivity contribution in [2.24, 2.45) is 0 Å². The lowest BCUT2D eigenvalue weighted by Gasteiger charge is -2.22. The fourth-order valence-corrected chi connectivity index (χ4v) is 3.23. The zero-order chi connectivity index (χ0) is 15.6. The Hall–Kier alpha value is -2.61. The number of ether oxygens (including phenoxy) is 1. The van der Waals surface area contributed by atoms with E-state index in [4.69, 9.17) is 4.74 Å². The van der Waals surface area contributed by atoms with Crippen molar-refractivity contribution >= 4 is 0 Å². The second-order valence-electron chi connectivity index (χ2n) is 5.81. The summed E-state index contributed by atoms with van der Waals surface area (Å²) in [6.45, 7) is 0.694. The summed E-state index contributed by atoms with van der Waals surface area (Å²) in [5.41, 5.74) is 5.04. The minimum absolute atomic E-state index is 0.202. The molecule has 1 aliphatic rings. The average molecular weight is 304 g/mol. The van der Waals surface area contributed by atoms with Gasteiger partial charge in [0.25, 0.3) is 0 Å². The first kappa shape index (κ1) is 14.0. The van der Waals surface area contributed by atoms with Gasteiger partial charge >= 0.3 is 0 Å². The first-order valence-corrected chi connectivity index (χ1v) is 7.93. The molecule has 3 aromatic rings. The van der Waals surface area contributed by atoms with E-state index >= 15 is 0 Å². The summed E-state index contributed by atoms with van der Waals surface area (Å²) in [4.78, 5) is 0. The van der Waals surface area contributed by atoms with Gasteiger partial charge in [-0.2, -0.15) is 0 Å². The van der Waals surface area contributed by atoms with E-state index in [0.717, 1.165) is 46.4 Å². The quantitative estimate of drug-likeness (QED) is 0.608. The van der Waals surface area contributed by atoms with Crippen LogP contribution in [0.2, 0.25) is 0 Å². The number of hydrogen-bond acceptors (Lipinski definition) is 1. The van der Waals surface area contributed by atoms with Crippen molar-refractivity contribution < 1.29 is 9.13 Å². The molecule has 0 aliphatic carbocycles. The largest absolute Gasteiger partial charge is 0.493 e. The Kier molecular flexibility index (Phi) is 3.58. The number of benzene rings is 3. The Labute approximate surface area is 135 Å². The molecule has 1 heterocycles. The Bertz CT molecular complexity index is 840. The van der Waals surface area contributed by atoms with Crippen LogP contribution < -0.4 is 4.74 Å². The highest BCUT2D eigenvalue weighted by Gasteiger charge is 2.19. The molecule has 0 spiro atoms. The molecule has 0 bridgehead atoms. The van der Waals surface area contributed by atoms with Gasteiger partial charge in [0.1, 0.15) is 11.6 Å². The van der Waals surface area contributed by atoms with E-state index in [-0.39, 0.29) is 5.82 Å². The van der Waals surface area contributed by atoms with Crippen molar-refractivity contribution in [3.8, 4) is 28.0 Å². The summed E-state index contributed by atoms with van der Waals surface area (Å²) in [7, 11) is 0. The minimum Gasteiger partial charge on any atom is -0.493 e. The first-order valence-electron chi connectivity index (χ1n) is 7.93. The van der Waals surface area contributed by atoms with Gasteiger partial charge in [-0.15, -0.1) is 0 Å². The summed E-state index contributed by atoms with van der Waals surface area (Å²) >= 11 is 0. The molecule has 0 amide bonds. The van der Waals surface area contributed by atoms with Crippen molar-refractivity contribution in [1.82, 2.24) is 0 Å². The van der Waals surface area contributed by atoms with Crippen LogP contribution in [0.5, 0.6) is 5.75 Å². The van der Waals surface area contributed by atoms with Gasteiger partial charge in [-0.05, 0) is 47.2 Å². The molecule has 23 heavy (non-hydrogen) atoms. The Morgan fingerprint density at radius 2 is 1.52 bits per heavy atom. The smallest absolute Gasteiger partial charge is 0.130 e. The molecular formula is C21H17FO. The Balaban J connectivity index is 1.95. The summed E-state index contributed by atoms with van der Waals surface area (Å²) in [6, 6.07) is 21.5. The molecule has 4 rings (SSSR count). The molecule has 0 atom stereocenters. The number of fused-ring (bicyclic) bond motifs is 1. The lowest BCUT2D eigenvalue weighted by Crippen LogP contribution is -2.10. The van der Waals surface area contributed by atoms with E-state index < -0.39 is 0 Å². The number of aryl methyl sites for hydroxylation is 1. The monoisotopic (exact) mass is 304 g/mol. The highest BCUT2D eigenvalue weighted by Crippen LogP contribution is 2.41. The zero-order valence-electron chi connectivity index (χ0n) is 12.8. The van der Waals surface area contributed by atoms with Crippen molar-refractivity contribution in [2.45, 2.75) is 12.8 Å². The fraction of sp³-hybridized carbons (Fsp3) is 0.143. The van der Waals surface area contributed by atoms with Gasteiger partial charge in [0.15, 0.2) is 0 Å². The van der Waals surface area contributed by atoms with Crippen LogP contribution in [-0.4, -0.2) is 6.61 Å². The second-order valence-corrected chi connectivity index (χ2v) is 5.81. The molecule has 0 unspecified atom stereocenters. The van der Waals surface area contributed by atoms with Crippen molar-refractivity contribution in [3.63, 3.8) is 0 Å². The molecule has 2 heteroatoms. The lowest BCUT2D eigenvalue weighted by molar-refractivity contribution is 0.289. The van der Waals surface area contributed by atoms with Gasteiger partial charge in [-0.25, -0.2) is 4.39 Å². The lowest BCUT2D eigenvalue weighted by atomic mass is 9.91. The number of hydrogen-bond donors (Lipinski definition) is 0. The fourth-order valence-electron chi connectivity index (χ4n) is 3.23. The van der Waals surface area contributed by atoms with Crippen LogP contribution in [-0.2, 0) is 6.42 Å². The van der Waals surface area contributed by atoms with E-state index in [0.29, 0.717) is 6.61 Å². The maximum atomic E-state index is 14.1. The van der Waals surface area contributed by atoms with Gasteiger partial charge in [0.2, 0.25) is 0 Å². The average Bonchev–Trinajstić information content (AvgIpc) is 2.62. The van der Waals surface area contributed by atoms with Crippen LogP contribution in [0.1, 0.15) is 12.0 Å². The highest BCUT2D eigenvalue weighted by molar-refractivity contribution is 5.86. The van der Waals surface area contributed by atoms with Crippen molar-refractivity contribution in [3.05, 3.63) is 78.1 Å². The topological polar surface area (TPSA) is 9.23 Å². The predicted octanol–water partition coefficient (Wildman–Crippen LogP) is 5.48. The normalized spacial score (nSPS) is 13.3. The van der Waals surface area contributed by atoms with E-state index in [1.54, 1.807) is 12.1 Å². The van der Waals surface area contributed by atoms with Gasteiger partial charge < -0.3 is 4.74 Å². The Morgan fingerprint density at radius 1 is 0.783 bits per heavy atom. The molecule has 0 aromatic heterocycles. The van der Waals surface area contributed by atoms with E-state index in [1.807, 2.05) is 36.4 Å². The van der Waals surface area contributed by atoms with Crippen LogP contribution in [0.25, 0.3) is 22.3 Å². The number of rotatable bonds is 2. The molecule has 0 radical (unpaired) electrons. The maximum Gasteiger partial charge on any atom is 0.130 e. The standard InChI is InChI=1S/C21H17FO/c22-17-13-16-9-6-12-23-21(16)20(14-17)19-11-5-4-10-18(19)15-7-2-1-3-8-15/h1-5,7-8,10-11,13-14H,6,9,12H2. The summed E-state index contributed by atoms with van der Waals surface area (Å²) < 4.78 is 20.0. The van der Waals surface area contributed by atoms with Crippen LogP contribution in [0.3, 0.4) is 0 Å². The second kappa shape index (κ2) is 5.88. The molecule has 0 fully saturated rings. The van der Waals surface area contributed by atoms with Gasteiger partial charge in [0.05, 0.1) is 6.61 Å². The Morgan fingerprint density at radius 3 is 2.35 bits per heavy atom. The van der Waals surface area contributed by atoms with Crippen molar-refractivity contribution in [1.29, 1.82) is 0 Å². The summed E-state index contributed by atoms with van der Waals surface area (Å²) in [6.07, 6.45) is 1.81. The molecule has 0 N–H and O–H groups in total. The SMILES string of the molecule is Fc1cc2c(c(-c3ccccc3-c3ccccc3)c1)OCCC2. The third-order valence-electron chi connectivity index (χ3n) is 4.27. The number of halogens is 1. The predicted molar refractivity (Wildman–Crippen MR) is 91.1 cm³/mol. The van der Waals surface area contributed by atoms with Crippen LogP contribution in [0.4, 0.5) is 4.39 Å². The summed E-state index contributed by atoms with van der Waals surface area (Å²) in [5.74, 6) is 0.633. The van der Waals surface area contributed by atoms with Crippen LogP contribution in [0, 0.1) is 5.82 Å². The van der Waals surface area contributed by atoms with E-state index in [9.17, 15) is 4.39 Å². The van der Waals surface area contributed by atoms with Gasteiger partial charge in [-0.1, -0.05) is 54.6 Å². The molecule has 1 nitrogen and oxygen atoms in total. The molecule has 1 aliphatic heterocycles. The molecule has 0 saturated heterocycles. The van der Waals surface area contributed by atoms with E-state index in [1.165, 1.54) is 0 Å². The van der Waals surface area contributed by atoms with Gasteiger partial charge in [-0.3, -0.25) is 0 Å². The third-order valence-corrected chi connectivity index (χ3v) is 4.27. The molecular weight excluding hydrogens is 287 g/mol. The highest BCUT2D eigenvalue weighted by atomic mass is 19.1. The van der Waals surface area contributed by atoms with Gasteiger partial charge in [0, 0.05) is 5.56 Å². The molecule has 114 valence electrons. The van der Waals surface area contributed by atoms with E-state index in [2.05, 4.69) is 18.2 Å². The summed E-state index contributed by atoms with van der Waals surface area (Å²) in [5, 5.41) is 0. The maximum absolute atomic E-state index is 14.1. The molecule has 3 aromatic carbocycles. The molecule has 0 saturated carbocycles. The van der Waals surface area contributed by atoms with Crippen molar-refractivity contribution in [2.75, 3.05) is 6.61 Å². The van der Waals surface area contributed by atoms with Crippen LogP contribution in [0.15, 0.2) is 66.7 Å².